The lowest BCUT2D eigenvalue weighted by atomic mass is 10.2. The molecule has 2 aromatic carbocycles. The van der Waals surface area contributed by atoms with Gasteiger partial charge in [-0.1, -0.05) is 29.3 Å². The van der Waals surface area contributed by atoms with Crippen LogP contribution in [0.1, 0.15) is 15.9 Å². The summed E-state index contributed by atoms with van der Waals surface area (Å²) in [6.07, 6.45) is 0. The van der Waals surface area contributed by atoms with Crippen molar-refractivity contribution in [1.29, 1.82) is 0 Å². The molecule has 0 saturated carbocycles. The maximum Gasteiger partial charge on any atom is 0.267 e. The van der Waals surface area contributed by atoms with Gasteiger partial charge in [0, 0.05) is 12.6 Å². The van der Waals surface area contributed by atoms with Gasteiger partial charge in [-0.2, -0.15) is 0 Å². The first kappa shape index (κ1) is 19.1. The van der Waals surface area contributed by atoms with Crippen molar-refractivity contribution >= 4 is 27.5 Å². The van der Waals surface area contributed by atoms with Crippen LogP contribution in [0, 0.1) is 6.92 Å². The molecule has 2 rings (SSSR count). The van der Waals surface area contributed by atoms with Crippen molar-refractivity contribution in [2.24, 2.45) is 0 Å². The van der Waals surface area contributed by atoms with E-state index < -0.39 is 15.9 Å². The standard InChI is InChI=1S/C17H18ClNO5S/c1-11-5-7-13(8-6-11)25(21,22)19(2)17(20)12-9-14(23-3)16(18)15(10-12)24-4/h5-10H,1-4H3. The Morgan fingerprint density at radius 3 is 1.96 bits per heavy atom. The van der Waals surface area contributed by atoms with E-state index in [1.54, 1.807) is 12.1 Å². The van der Waals surface area contributed by atoms with Crippen molar-refractivity contribution in [1.82, 2.24) is 4.31 Å². The zero-order valence-corrected chi connectivity index (χ0v) is 15.8. The van der Waals surface area contributed by atoms with Gasteiger partial charge < -0.3 is 9.47 Å². The van der Waals surface area contributed by atoms with E-state index in [2.05, 4.69) is 0 Å². The highest BCUT2D eigenvalue weighted by Gasteiger charge is 2.27. The Morgan fingerprint density at radius 1 is 1.04 bits per heavy atom. The Kier molecular flexibility index (Phi) is 5.59. The topological polar surface area (TPSA) is 72.9 Å². The number of carbonyl (C=O) groups excluding carboxylic acids is 1. The molecule has 0 atom stereocenters. The molecule has 0 spiro atoms. The van der Waals surface area contributed by atoms with E-state index >= 15 is 0 Å². The lowest BCUT2D eigenvalue weighted by molar-refractivity contribution is 0.0882. The summed E-state index contributed by atoms with van der Waals surface area (Å²) in [6, 6.07) is 8.98. The monoisotopic (exact) mass is 383 g/mol. The second-order valence-electron chi connectivity index (χ2n) is 5.29. The van der Waals surface area contributed by atoms with Crippen LogP contribution in [-0.4, -0.2) is 39.9 Å². The zero-order chi connectivity index (χ0) is 18.8. The highest BCUT2D eigenvalue weighted by molar-refractivity contribution is 7.89. The number of benzene rings is 2. The zero-order valence-electron chi connectivity index (χ0n) is 14.2. The number of aryl methyl sites for hydroxylation is 1. The molecule has 0 fully saturated rings. The number of hydrogen-bond donors (Lipinski definition) is 0. The first-order chi connectivity index (χ1) is 11.7. The summed E-state index contributed by atoms with van der Waals surface area (Å²) in [5.41, 5.74) is 0.997. The number of ether oxygens (including phenoxy) is 2. The molecule has 0 N–H and O–H groups in total. The highest BCUT2D eigenvalue weighted by atomic mass is 35.5. The maximum atomic E-state index is 12.7. The molecule has 6 nitrogen and oxygen atoms in total. The van der Waals surface area contributed by atoms with Gasteiger partial charge >= 0.3 is 0 Å². The first-order valence-electron chi connectivity index (χ1n) is 7.23. The van der Waals surface area contributed by atoms with E-state index in [4.69, 9.17) is 21.1 Å². The Morgan fingerprint density at radius 2 is 1.52 bits per heavy atom. The largest absolute Gasteiger partial charge is 0.495 e. The molecule has 0 unspecified atom stereocenters. The average molecular weight is 384 g/mol. The molecular formula is C17H18ClNO5S. The Bertz CT molecular complexity index is 869. The van der Waals surface area contributed by atoms with Crippen LogP contribution in [0.3, 0.4) is 0 Å². The smallest absolute Gasteiger partial charge is 0.267 e. The molecule has 1 amide bonds. The third-order valence-electron chi connectivity index (χ3n) is 3.66. The highest BCUT2D eigenvalue weighted by Crippen LogP contribution is 2.35. The number of halogens is 1. The summed E-state index contributed by atoms with van der Waals surface area (Å²) >= 11 is 6.07. The van der Waals surface area contributed by atoms with Gasteiger partial charge in [-0.3, -0.25) is 4.79 Å². The van der Waals surface area contributed by atoms with Crippen LogP contribution >= 0.6 is 11.6 Å². The SMILES string of the molecule is COc1cc(C(=O)N(C)S(=O)(=O)c2ccc(C)cc2)cc(OC)c1Cl. The number of nitrogens with zero attached hydrogens (tertiary/aromatic N) is 1. The van der Waals surface area contributed by atoms with Crippen LogP contribution in [0.4, 0.5) is 0 Å². The molecule has 0 aromatic heterocycles. The minimum Gasteiger partial charge on any atom is -0.495 e. The van der Waals surface area contributed by atoms with Crippen molar-refractivity contribution in [3.63, 3.8) is 0 Å². The van der Waals surface area contributed by atoms with Gasteiger partial charge in [0.25, 0.3) is 15.9 Å². The van der Waals surface area contributed by atoms with Gasteiger partial charge in [-0.15, -0.1) is 0 Å². The van der Waals surface area contributed by atoms with Crippen LogP contribution < -0.4 is 9.47 Å². The van der Waals surface area contributed by atoms with Crippen molar-refractivity contribution < 1.29 is 22.7 Å². The fourth-order valence-electron chi connectivity index (χ4n) is 2.15. The van der Waals surface area contributed by atoms with Crippen LogP contribution in [0.25, 0.3) is 0 Å². The quantitative estimate of drug-likeness (QED) is 0.793. The van der Waals surface area contributed by atoms with Gasteiger partial charge in [0.1, 0.15) is 16.5 Å². The minimum atomic E-state index is -3.98. The summed E-state index contributed by atoms with van der Waals surface area (Å²) in [6.45, 7) is 1.84. The van der Waals surface area contributed by atoms with Crippen LogP contribution in [0.2, 0.25) is 5.02 Å². The Balaban J connectivity index is 2.44. The van der Waals surface area contributed by atoms with Gasteiger partial charge in [0.15, 0.2) is 0 Å². The van der Waals surface area contributed by atoms with Crippen molar-refractivity contribution in [2.45, 2.75) is 11.8 Å². The molecule has 0 aliphatic rings. The predicted molar refractivity (Wildman–Crippen MR) is 95.0 cm³/mol. The molecule has 0 radical (unpaired) electrons. The molecule has 0 saturated heterocycles. The van der Waals surface area contributed by atoms with Crippen molar-refractivity contribution in [3.05, 3.63) is 52.5 Å². The van der Waals surface area contributed by atoms with Crippen LogP contribution in [0.5, 0.6) is 11.5 Å². The minimum absolute atomic E-state index is 0.0295. The van der Waals surface area contributed by atoms with E-state index in [9.17, 15) is 13.2 Å². The molecule has 0 heterocycles. The van der Waals surface area contributed by atoms with E-state index in [1.807, 2.05) is 6.92 Å². The molecule has 0 bridgehead atoms. The van der Waals surface area contributed by atoms with Gasteiger partial charge in [-0.05, 0) is 31.2 Å². The normalized spacial score (nSPS) is 11.1. The van der Waals surface area contributed by atoms with Crippen molar-refractivity contribution in [2.75, 3.05) is 21.3 Å². The second-order valence-corrected chi connectivity index (χ2v) is 7.63. The molecule has 25 heavy (non-hydrogen) atoms. The van der Waals surface area contributed by atoms with Gasteiger partial charge in [0.2, 0.25) is 0 Å². The number of carbonyl (C=O) groups is 1. The van der Waals surface area contributed by atoms with Crippen LogP contribution in [-0.2, 0) is 10.0 Å². The molecule has 0 aliphatic carbocycles. The molecule has 0 aliphatic heterocycles. The number of amides is 1. The summed E-state index contributed by atoms with van der Waals surface area (Å²) in [5, 5.41) is 0.200. The van der Waals surface area contributed by atoms with E-state index in [0.717, 1.165) is 5.56 Å². The number of rotatable bonds is 5. The van der Waals surface area contributed by atoms with Gasteiger partial charge in [0.05, 0.1) is 19.1 Å². The first-order valence-corrected chi connectivity index (χ1v) is 9.05. The summed E-state index contributed by atoms with van der Waals surface area (Å²) in [5.74, 6) is -0.301. The maximum absolute atomic E-state index is 12.7. The fraction of sp³-hybridized carbons (Fsp3) is 0.235. The molecule has 8 heteroatoms. The van der Waals surface area contributed by atoms with E-state index in [0.29, 0.717) is 4.31 Å². The van der Waals surface area contributed by atoms with Crippen LogP contribution in [0.15, 0.2) is 41.3 Å². The third kappa shape index (κ3) is 3.72. The Hall–Kier alpha value is -2.25. The van der Waals surface area contributed by atoms with Gasteiger partial charge in [-0.25, -0.2) is 12.7 Å². The second kappa shape index (κ2) is 7.33. The van der Waals surface area contributed by atoms with E-state index in [-0.39, 0.29) is 27.0 Å². The molecular weight excluding hydrogens is 366 g/mol. The lowest BCUT2D eigenvalue weighted by Crippen LogP contribution is -2.33. The summed E-state index contributed by atoms with van der Waals surface area (Å²) in [4.78, 5) is 12.7. The number of methoxy groups -OCH3 is 2. The summed E-state index contributed by atoms with van der Waals surface area (Å²) in [7, 11) is -0.00264. The lowest BCUT2D eigenvalue weighted by Gasteiger charge is -2.19. The summed E-state index contributed by atoms with van der Waals surface area (Å²) < 4.78 is 36.2. The van der Waals surface area contributed by atoms with Crippen molar-refractivity contribution in [3.8, 4) is 11.5 Å². The molecule has 134 valence electrons. The predicted octanol–water partition coefficient (Wildman–Crippen LogP) is 3.13. The third-order valence-corrected chi connectivity index (χ3v) is 5.79. The number of sulfonamides is 1. The Labute approximate surface area is 152 Å². The van der Waals surface area contributed by atoms with E-state index in [1.165, 1.54) is 45.5 Å². The average Bonchev–Trinajstić information content (AvgIpc) is 2.61. The number of hydrogen-bond acceptors (Lipinski definition) is 5. The molecule has 2 aromatic rings. The fourth-order valence-corrected chi connectivity index (χ4v) is 3.54.